The number of rotatable bonds is 15. The van der Waals surface area contributed by atoms with Crippen LogP contribution in [0.2, 0.25) is 0 Å². The summed E-state index contributed by atoms with van der Waals surface area (Å²) in [5.41, 5.74) is 5.70. The number of carbonyl (C=O) groups is 2. The van der Waals surface area contributed by atoms with E-state index in [4.69, 9.17) is 4.74 Å². The molecule has 6 N–H and O–H groups in total. The van der Waals surface area contributed by atoms with Crippen molar-refractivity contribution in [2.24, 2.45) is 5.92 Å². The lowest BCUT2D eigenvalue weighted by Crippen LogP contribution is -2.59. The Morgan fingerprint density at radius 1 is 0.817 bits per heavy atom. The Balaban J connectivity index is 0.832. The molecule has 5 aromatic carbocycles. The first-order chi connectivity index (χ1) is 29.2. The first-order valence-corrected chi connectivity index (χ1v) is 20.4. The molecular weight excluding hydrogens is 759 g/mol. The van der Waals surface area contributed by atoms with Gasteiger partial charge in [0.25, 0.3) is 5.91 Å². The summed E-state index contributed by atoms with van der Waals surface area (Å²) in [6.45, 7) is 4.21. The lowest BCUT2D eigenvalue weighted by Gasteiger charge is -2.50. The average molecular weight is 808 g/mol. The van der Waals surface area contributed by atoms with E-state index in [1.807, 2.05) is 91.0 Å². The minimum atomic E-state index is -0.919. The van der Waals surface area contributed by atoms with Crippen LogP contribution >= 0.6 is 0 Å². The van der Waals surface area contributed by atoms with Crippen molar-refractivity contribution in [2.45, 2.75) is 50.7 Å². The van der Waals surface area contributed by atoms with Crippen molar-refractivity contribution in [1.29, 1.82) is 0 Å². The maximum Gasteiger partial charge on any atom is 0.408 e. The zero-order valence-corrected chi connectivity index (χ0v) is 33.2. The fraction of sp³-hybridized carbons (Fsp3) is 0.271. The molecule has 3 saturated heterocycles. The number of benzene rings is 5. The first kappa shape index (κ1) is 40.3. The molecule has 3 aliphatic heterocycles. The second kappa shape index (κ2) is 18.2. The fourth-order valence-electron chi connectivity index (χ4n) is 8.61. The van der Waals surface area contributed by atoms with Crippen molar-refractivity contribution >= 4 is 22.9 Å². The predicted octanol–water partition coefficient (Wildman–Crippen LogP) is 6.73. The van der Waals surface area contributed by atoms with E-state index < -0.39 is 18.2 Å². The molecule has 60 heavy (non-hydrogen) atoms. The van der Waals surface area contributed by atoms with Gasteiger partial charge in [-0.25, -0.2) is 4.79 Å². The van der Waals surface area contributed by atoms with Crippen molar-refractivity contribution in [1.82, 2.24) is 25.4 Å². The Labute approximate surface area is 348 Å². The van der Waals surface area contributed by atoms with Gasteiger partial charge in [-0.1, -0.05) is 84.9 Å². The van der Waals surface area contributed by atoms with Gasteiger partial charge in [0.05, 0.1) is 23.7 Å². The van der Waals surface area contributed by atoms with Crippen LogP contribution in [0.5, 0.6) is 11.5 Å². The third kappa shape index (κ3) is 9.21. The summed E-state index contributed by atoms with van der Waals surface area (Å²) in [5.74, 6) is 0.728. The topological polar surface area (TPSA) is 167 Å². The van der Waals surface area contributed by atoms with Gasteiger partial charge in [0.15, 0.2) is 0 Å². The number of aliphatic hydroxyl groups excluding tert-OH is 1. The zero-order valence-electron chi connectivity index (χ0n) is 33.2. The number of carboxylic acid groups (broad SMARTS) is 1. The number of phenols is 1. The molecule has 0 radical (unpaired) electrons. The normalized spacial score (nSPS) is 18.1. The van der Waals surface area contributed by atoms with Gasteiger partial charge in [-0.15, -0.1) is 0 Å². The molecule has 0 spiro atoms. The van der Waals surface area contributed by atoms with Gasteiger partial charge >= 0.3 is 6.09 Å². The SMILES string of the molecule is O=C(NCc1ccc(CNC[C@H](O)c2ccc(O)c3[nH]c(=O)ccc23)cc1)c1ccc(COc2cccc([C@H](c3ccccc3)N(C(=O)O)[C@H]3CN4CCC3CC4)c2)cc1. The van der Waals surface area contributed by atoms with E-state index >= 15 is 0 Å². The molecule has 2 bridgehead atoms. The van der Waals surface area contributed by atoms with E-state index in [1.165, 1.54) is 12.1 Å². The molecule has 3 aliphatic rings. The number of aromatic hydroxyl groups is 1. The highest BCUT2D eigenvalue weighted by atomic mass is 16.5. The van der Waals surface area contributed by atoms with Gasteiger partial charge in [0, 0.05) is 43.2 Å². The van der Waals surface area contributed by atoms with Crippen molar-refractivity contribution in [3.05, 3.63) is 177 Å². The number of H-pyrrole nitrogens is 1. The Morgan fingerprint density at radius 3 is 2.22 bits per heavy atom. The average Bonchev–Trinajstić information content (AvgIpc) is 3.28. The molecule has 2 amide bonds. The number of pyridine rings is 1. The molecule has 12 heteroatoms. The number of piperidine rings is 3. The minimum absolute atomic E-state index is 0.0537. The molecule has 4 heterocycles. The van der Waals surface area contributed by atoms with Crippen LogP contribution in [0.1, 0.15) is 68.7 Å². The number of carbonyl (C=O) groups excluding carboxylic acids is 1. The molecule has 0 saturated carbocycles. The molecule has 308 valence electrons. The highest BCUT2D eigenvalue weighted by Crippen LogP contribution is 2.39. The molecule has 0 unspecified atom stereocenters. The van der Waals surface area contributed by atoms with Crippen molar-refractivity contribution in [2.75, 3.05) is 26.2 Å². The van der Waals surface area contributed by atoms with E-state index in [0.717, 1.165) is 60.3 Å². The largest absolute Gasteiger partial charge is 0.506 e. The van der Waals surface area contributed by atoms with E-state index in [2.05, 4.69) is 20.5 Å². The van der Waals surface area contributed by atoms with E-state index in [-0.39, 0.29) is 36.4 Å². The fourth-order valence-corrected chi connectivity index (χ4v) is 8.61. The van der Waals surface area contributed by atoms with Crippen LogP contribution in [0.25, 0.3) is 10.9 Å². The standard InChI is InChI=1S/C48H49N5O7/c54-42-19-17-39(40-18-20-44(56)51-45(40)42)43(55)28-49-26-31-9-11-32(12-10-31)27-50-47(57)36-15-13-33(14-16-36)30-60-38-8-4-7-37(25-38)46(35-5-2-1-3-6-35)53(48(58)59)41-29-52-23-21-34(41)22-24-52/h1-20,25,34,41,43,46,49,54-55H,21-24,26-30H2,(H,50,57)(H,51,56)(H,58,59)/t41-,43-,46-/m0/s1. The Bertz CT molecular complexity index is 2480. The van der Waals surface area contributed by atoms with Gasteiger partial charge in [0.2, 0.25) is 5.56 Å². The smallest absolute Gasteiger partial charge is 0.408 e. The molecule has 1 aromatic heterocycles. The van der Waals surface area contributed by atoms with Gasteiger partial charge < -0.3 is 40.6 Å². The number of aliphatic hydroxyl groups is 1. The third-order valence-corrected chi connectivity index (χ3v) is 11.8. The van der Waals surface area contributed by atoms with Crippen LogP contribution in [0, 0.1) is 5.92 Å². The number of amides is 2. The van der Waals surface area contributed by atoms with E-state index in [9.17, 15) is 29.7 Å². The van der Waals surface area contributed by atoms with E-state index in [0.29, 0.717) is 46.8 Å². The molecule has 0 aliphatic carbocycles. The number of hydrogen-bond donors (Lipinski definition) is 6. The quantitative estimate of drug-likeness (QED) is 0.0660. The maximum atomic E-state index is 13.0. The van der Waals surface area contributed by atoms with Gasteiger partial charge in [-0.3, -0.25) is 14.5 Å². The Hall–Kier alpha value is -6.47. The van der Waals surface area contributed by atoms with Crippen LogP contribution in [0.15, 0.2) is 132 Å². The van der Waals surface area contributed by atoms with Crippen molar-refractivity contribution in [3.8, 4) is 11.5 Å². The first-order valence-electron chi connectivity index (χ1n) is 20.4. The minimum Gasteiger partial charge on any atom is -0.506 e. The number of phenolic OH excluding ortho intramolecular Hbond substituents is 1. The number of nitrogens with one attached hydrogen (secondary N) is 3. The molecule has 9 rings (SSSR count). The summed E-state index contributed by atoms with van der Waals surface area (Å²) in [4.78, 5) is 44.4. The second-order valence-electron chi connectivity index (χ2n) is 15.7. The lowest BCUT2D eigenvalue weighted by atomic mass is 9.81. The van der Waals surface area contributed by atoms with Crippen molar-refractivity contribution in [3.63, 3.8) is 0 Å². The molecular formula is C48H49N5O7. The number of aromatic nitrogens is 1. The summed E-state index contributed by atoms with van der Waals surface area (Å²) in [5, 5.41) is 38.5. The summed E-state index contributed by atoms with van der Waals surface area (Å²) < 4.78 is 6.24. The highest BCUT2D eigenvalue weighted by molar-refractivity contribution is 5.94. The summed E-state index contributed by atoms with van der Waals surface area (Å²) in [6, 6.07) is 38.2. The van der Waals surface area contributed by atoms with Crippen LogP contribution in [-0.2, 0) is 19.7 Å². The van der Waals surface area contributed by atoms with Crippen LogP contribution in [-0.4, -0.2) is 74.3 Å². The number of fused-ring (bicyclic) bond motifs is 4. The van der Waals surface area contributed by atoms with Gasteiger partial charge in [0.1, 0.15) is 18.1 Å². The van der Waals surface area contributed by atoms with Crippen LogP contribution in [0.3, 0.4) is 0 Å². The van der Waals surface area contributed by atoms with Crippen LogP contribution in [0.4, 0.5) is 4.79 Å². The monoisotopic (exact) mass is 807 g/mol. The van der Waals surface area contributed by atoms with Crippen LogP contribution < -0.4 is 20.9 Å². The Kier molecular flexibility index (Phi) is 12.2. The van der Waals surface area contributed by atoms with Gasteiger partial charge in [-0.2, -0.15) is 0 Å². The predicted molar refractivity (Wildman–Crippen MR) is 229 cm³/mol. The van der Waals surface area contributed by atoms with Crippen molar-refractivity contribution < 1.29 is 29.6 Å². The molecule has 12 nitrogen and oxygen atoms in total. The molecule has 3 atom stereocenters. The summed E-state index contributed by atoms with van der Waals surface area (Å²) in [6.07, 6.45) is 0.246. The Morgan fingerprint density at radius 2 is 1.52 bits per heavy atom. The second-order valence-corrected chi connectivity index (χ2v) is 15.7. The lowest BCUT2D eigenvalue weighted by molar-refractivity contribution is -0.000814. The molecule has 6 aromatic rings. The number of hydrogen-bond acceptors (Lipinski definition) is 8. The van der Waals surface area contributed by atoms with E-state index in [1.54, 1.807) is 29.2 Å². The summed E-state index contributed by atoms with van der Waals surface area (Å²) in [7, 11) is 0. The third-order valence-electron chi connectivity index (χ3n) is 11.8. The zero-order chi connectivity index (χ0) is 41.6. The number of ether oxygens (including phenoxy) is 1. The summed E-state index contributed by atoms with van der Waals surface area (Å²) >= 11 is 0. The van der Waals surface area contributed by atoms with Gasteiger partial charge in [-0.05, 0) is 102 Å². The maximum absolute atomic E-state index is 13.0. The highest BCUT2D eigenvalue weighted by Gasteiger charge is 2.43. The number of aromatic amines is 1. The number of nitrogens with zero attached hydrogens (tertiary/aromatic N) is 2. The molecule has 3 fully saturated rings.